The van der Waals surface area contributed by atoms with Crippen LogP contribution in [0.3, 0.4) is 0 Å². The number of ether oxygens (including phenoxy) is 1. The van der Waals surface area contributed by atoms with Crippen LogP contribution in [-0.2, 0) is 9.59 Å². The molecule has 0 aromatic heterocycles. The van der Waals surface area contributed by atoms with Crippen molar-refractivity contribution in [3.8, 4) is 5.75 Å². The molecule has 2 amide bonds. The third kappa shape index (κ3) is 3.96. The number of benzene rings is 1. The first-order valence-electron chi connectivity index (χ1n) is 8.95. The Labute approximate surface area is 161 Å². The predicted molar refractivity (Wildman–Crippen MR) is 104 cm³/mol. The van der Waals surface area contributed by atoms with E-state index in [9.17, 15) is 9.59 Å². The van der Waals surface area contributed by atoms with Gasteiger partial charge in [0.25, 0.3) is 0 Å². The SMILES string of the molecule is CNCC1CCCN1C(=O)C1CC(=O)N(c2cc(C)ccc2OC)C1.Cl. The molecule has 2 saturated heterocycles. The second kappa shape index (κ2) is 8.73. The molecule has 2 aliphatic rings. The molecule has 6 nitrogen and oxygen atoms in total. The molecular formula is C19H28ClN3O3. The van der Waals surface area contributed by atoms with Gasteiger partial charge in [0.05, 0.1) is 18.7 Å². The van der Waals surface area contributed by atoms with Crippen LogP contribution in [0, 0.1) is 12.8 Å². The summed E-state index contributed by atoms with van der Waals surface area (Å²) < 4.78 is 5.41. The fourth-order valence-electron chi connectivity index (χ4n) is 3.92. The van der Waals surface area contributed by atoms with E-state index in [1.165, 1.54) is 0 Å². The molecule has 1 aromatic rings. The molecule has 2 aliphatic heterocycles. The fraction of sp³-hybridized carbons (Fsp3) is 0.579. The molecule has 2 fully saturated rings. The van der Waals surface area contributed by atoms with E-state index in [2.05, 4.69) is 5.32 Å². The highest BCUT2D eigenvalue weighted by Crippen LogP contribution is 2.35. The van der Waals surface area contributed by atoms with Gasteiger partial charge in [0, 0.05) is 32.1 Å². The van der Waals surface area contributed by atoms with Crippen LogP contribution in [0.1, 0.15) is 24.8 Å². The number of amides is 2. The lowest BCUT2D eigenvalue weighted by atomic mass is 10.1. The second-order valence-electron chi connectivity index (χ2n) is 6.97. The van der Waals surface area contributed by atoms with Crippen LogP contribution in [0.5, 0.6) is 5.75 Å². The molecule has 2 atom stereocenters. The van der Waals surface area contributed by atoms with E-state index >= 15 is 0 Å². The van der Waals surface area contributed by atoms with Crippen molar-refractivity contribution in [3.63, 3.8) is 0 Å². The summed E-state index contributed by atoms with van der Waals surface area (Å²) in [6, 6.07) is 6.02. The van der Waals surface area contributed by atoms with E-state index in [0.717, 1.165) is 37.2 Å². The Kier molecular flexibility index (Phi) is 6.89. The Morgan fingerprint density at radius 1 is 1.38 bits per heavy atom. The van der Waals surface area contributed by atoms with Crippen molar-refractivity contribution < 1.29 is 14.3 Å². The van der Waals surface area contributed by atoms with Gasteiger partial charge in [0.1, 0.15) is 5.75 Å². The van der Waals surface area contributed by atoms with Crippen molar-refractivity contribution in [2.24, 2.45) is 5.92 Å². The molecule has 0 bridgehead atoms. The zero-order valence-corrected chi connectivity index (χ0v) is 16.5. The molecule has 0 saturated carbocycles. The second-order valence-corrected chi connectivity index (χ2v) is 6.97. The first kappa shape index (κ1) is 20.5. The molecule has 1 aromatic carbocycles. The van der Waals surface area contributed by atoms with Crippen molar-refractivity contribution in [2.45, 2.75) is 32.2 Å². The Morgan fingerprint density at radius 3 is 2.85 bits per heavy atom. The topological polar surface area (TPSA) is 61.9 Å². The van der Waals surface area contributed by atoms with Gasteiger partial charge in [-0.1, -0.05) is 6.07 Å². The summed E-state index contributed by atoms with van der Waals surface area (Å²) in [4.78, 5) is 29.2. The molecule has 0 radical (unpaired) electrons. The van der Waals surface area contributed by atoms with Crippen LogP contribution in [0.25, 0.3) is 0 Å². The highest BCUT2D eigenvalue weighted by molar-refractivity contribution is 6.01. The molecule has 3 rings (SSSR count). The van der Waals surface area contributed by atoms with Crippen LogP contribution < -0.4 is 15.0 Å². The highest BCUT2D eigenvalue weighted by Gasteiger charge is 2.40. The first-order chi connectivity index (χ1) is 12.0. The molecule has 0 spiro atoms. The minimum atomic E-state index is -0.268. The fourth-order valence-corrected chi connectivity index (χ4v) is 3.92. The number of nitrogens with zero attached hydrogens (tertiary/aromatic N) is 2. The molecule has 2 heterocycles. The van der Waals surface area contributed by atoms with Crippen LogP contribution in [0.15, 0.2) is 18.2 Å². The number of likely N-dealkylation sites (tertiary alicyclic amines) is 1. The quantitative estimate of drug-likeness (QED) is 0.847. The number of halogens is 1. The van der Waals surface area contributed by atoms with E-state index in [1.54, 1.807) is 12.0 Å². The average Bonchev–Trinajstić information content (AvgIpc) is 3.21. The maximum atomic E-state index is 13.0. The highest BCUT2D eigenvalue weighted by atomic mass is 35.5. The number of likely N-dealkylation sites (N-methyl/N-ethyl adjacent to an activating group) is 1. The summed E-state index contributed by atoms with van der Waals surface area (Å²) in [5.74, 6) is 0.503. The standard InChI is InChI=1S/C19H27N3O3.ClH/c1-13-6-7-17(25-3)16(9-13)22-12-14(10-18(22)23)19(24)21-8-4-5-15(21)11-20-2;/h6-7,9,14-15,20H,4-5,8,10-12H2,1-3H3;1H. The van der Waals surface area contributed by atoms with Crippen LogP contribution in [-0.4, -0.2) is 56.5 Å². The molecule has 2 unspecified atom stereocenters. The number of nitrogens with one attached hydrogen (secondary N) is 1. The average molecular weight is 382 g/mol. The third-order valence-electron chi connectivity index (χ3n) is 5.20. The summed E-state index contributed by atoms with van der Waals surface area (Å²) in [6.45, 7) is 4.02. The molecular weight excluding hydrogens is 354 g/mol. The third-order valence-corrected chi connectivity index (χ3v) is 5.20. The normalized spacial score (nSPS) is 22.5. The number of carbonyl (C=O) groups excluding carboxylic acids is 2. The van der Waals surface area contributed by atoms with Gasteiger partial charge in [-0.3, -0.25) is 9.59 Å². The van der Waals surface area contributed by atoms with Crippen LogP contribution in [0.4, 0.5) is 5.69 Å². The van der Waals surface area contributed by atoms with Crippen molar-refractivity contribution in [1.29, 1.82) is 0 Å². The molecule has 144 valence electrons. The summed E-state index contributed by atoms with van der Waals surface area (Å²) in [7, 11) is 3.51. The van der Waals surface area contributed by atoms with Gasteiger partial charge < -0.3 is 19.9 Å². The van der Waals surface area contributed by atoms with Crippen LogP contribution >= 0.6 is 12.4 Å². The number of aryl methyl sites for hydroxylation is 1. The lowest BCUT2D eigenvalue weighted by molar-refractivity contribution is -0.136. The monoisotopic (exact) mass is 381 g/mol. The van der Waals surface area contributed by atoms with E-state index in [0.29, 0.717) is 12.3 Å². The van der Waals surface area contributed by atoms with Gasteiger partial charge in [-0.2, -0.15) is 0 Å². The number of hydrogen-bond donors (Lipinski definition) is 1. The summed E-state index contributed by atoms with van der Waals surface area (Å²) in [5, 5.41) is 3.16. The Bertz CT molecular complexity index is 667. The number of hydrogen-bond acceptors (Lipinski definition) is 4. The predicted octanol–water partition coefficient (Wildman–Crippen LogP) is 1.99. The maximum Gasteiger partial charge on any atom is 0.228 e. The lowest BCUT2D eigenvalue weighted by Gasteiger charge is -2.27. The Morgan fingerprint density at radius 2 is 2.15 bits per heavy atom. The van der Waals surface area contributed by atoms with Gasteiger partial charge in [0.2, 0.25) is 11.8 Å². The zero-order valence-electron chi connectivity index (χ0n) is 15.7. The molecule has 1 N–H and O–H groups in total. The summed E-state index contributed by atoms with van der Waals surface area (Å²) >= 11 is 0. The van der Waals surface area contributed by atoms with Gasteiger partial charge in [-0.25, -0.2) is 0 Å². The minimum absolute atomic E-state index is 0. The van der Waals surface area contributed by atoms with Gasteiger partial charge in [-0.15, -0.1) is 12.4 Å². The smallest absolute Gasteiger partial charge is 0.228 e. The van der Waals surface area contributed by atoms with Crippen molar-refractivity contribution in [2.75, 3.05) is 38.7 Å². The Hall–Kier alpha value is -1.79. The number of rotatable bonds is 5. The zero-order chi connectivity index (χ0) is 18.0. The van der Waals surface area contributed by atoms with Gasteiger partial charge >= 0.3 is 0 Å². The Balaban J connectivity index is 0.00000243. The lowest BCUT2D eigenvalue weighted by Crippen LogP contribution is -2.44. The van der Waals surface area contributed by atoms with Crippen molar-refractivity contribution in [3.05, 3.63) is 23.8 Å². The summed E-state index contributed by atoms with van der Waals surface area (Å²) in [6.07, 6.45) is 2.34. The van der Waals surface area contributed by atoms with Gasteiger partial charge in [-0.05, 0) is 44.5 Å². The molecule has 7 heteroatoms. The van der Waals surface area contributed by atoms with Gasteiger partial charge in [0.15, 0.2) is 0 Å². The first-order valence-corrected chi connectivity index (χ1v) is 8.95. The van der Waals surface area contributed by atoms with E-state index in [4.69, 9.17) is 4.74 Å². The van der Waals surface area contributed by atoms with E-state index in [1.807, 2.05) is 37.1 Å². The molecule has 0 aliphatic carbocycles. The minimum Gasteiger partial charge on any atom is -0.495 e. The number of carbonyl (C=O) groups is 2. The van der Waals surface area contributed by atoms with Crippen molar-refractivity contribution in [1.82, 2.24) is 10.2 Å². The number of anilines is 1. The summed E-state index contributed by atoms with van der Waals surface area (Å²) in [5.41, 5.74) is 1.82. The number of methoxy groups -OCH3 is 1. The van der Waals surface area contributed by atoms with Crippen molar-refractivity contribution >= 4 is 29.9 Å². The molecule has 26 heavy (non-hydrogen) atoms. The maximum absolute atomic E-state index is 13.0. The van der Waals surface area contributed by atoms with E-state index < -0.39 is 0 Å². The largest absolute Gasteiger partial charge is 0.495 e. The van der Waals surface area contributed by atoms with E-state index in [-0.39, 0.29) is 42.6 Å². The van der Waals surface area contributed by atoms with Crippen LogP contribution in [0.2, 0.25) is 0 Å².